The summed E-state index contributed by atoms with van der Waals surface area (Å²) >= 11 is 0. The second-order valence-corrected chi connectivity index (χ2v) is 3.05. The second kappa shape index (κ2) is 6.11. The summed E-state index contributed by atoms with van der Waals surface area (Å²) in [6.07, 6.45) is -0.0185. The molecule has 0 spiro atoms. The fourth-order valence-electron chi connectivity index (χ4n) is 0.779. The fraction of sp³-hybridized carbons (Fsp3) is 0.875. The predicted molar refractivity (Wildman–Crippen MR) is 49.1 cm³/mol. The summed E-state index contributed by atoms with van der Waals surface area (Å²) in [5, 5.41) is 17.2. The molecular formula is C8H18N2O2. The summed E-state index contributed by atoms with van der Waals surface area (Å²) in [6.45, 7) is 4.57. The van der Waals surface area contributed by atoms with Crippen LogP contribution < -0.4 is 5.73 Å². The van der Waals surface area contributed by atoms with Crippen molar-refractivity contribution in [2.45, 2.75) is 39.0 Å². The van der Waals surface area contributed by atoms with Gasteiger partial charge < -0.3 is 15.9 Å². The van der Waals surface area contributed by atoms with Gasteiger partial charge in [-0.1, -0.05) is 0 Å². The van der Waals surface area contributed by atoms with Crippen molar-refractivity contribution in [3.8, 4) is 0 Å². The van der Waals surface area contributed by atoms with E-state index in [1.54, 1.807) is 0 Å². The van der Waals surface area contributed by atoms with Gasteiger partial charge in [-0.15, -0.1) is 0 Å². The highest BCUT2D eigenvalue weighted by Crippen LogP contribution is 1.98. The zero-order valence-electron chi connectivity index (χ0n) is 7.70. The standard InChI is InChI=1S/C8H18N2O2/c1-6(2)10-5-3-4-7(9)8(11)12/h7-8,11-12H,3-5,9H2,1-2H3. The number of hydrogen-bond donors (Lipinski definition) is 3. The van der Waals surface area contributed by atoms with Crippen molar-refractivity contribution in [3.63, 3.8) is 0 Å². The average Bonchev–Trinajstić information content (AvgIpc) is 1.97. The molecule has 0 heterocycles. The largest absolute Gasteiger partial charge is 0.367 e. The van der Waals surface area contributed by atoms with Crippen molar-refractivity contribution in [3.05, 3.63) is 0 Å². The molecule has 72 valence electrons. The van der Waals surface area contributed by atoms with E-state index in [9.17, 15) is 0 Å². The topological polar surface area (TPSA) is 78.8 Å². The van der Waals surface area contributed by atoms with Gasteiger partial charge in [-0.2, -0.15) is 0 Å². The lowest BCUT2D eigenvalue weighted by molar-refractivity contribution is -0.0597. The van der Waals surface area contributed by atoms with E-state index < -0.39 is 12.3 Å². The molecule has 0 aromatic carbocycles. The van der Waals surface area contributed by atoms with Crippen molar-refractivity contribution < 1.29 is 10.2 Å². The first-order valence-corrected chi connectivity index (χ1v) is 4.13. The first-order valence-electron chi connectivity index (χ1n) is 4.13. The molecule has 12 heavy (non-hydrogen) atoms. The Balaban J connectivity index is 3.38. The van der Waals surface area contributed by atoms with Gasteiger partial charge in [0.15, 0.2) is 6.29 Å². The molecule has 0 amide bonds. The van der Waals surface area contributed by atoms with Gasteiger partial charge in [0, 0.05) is 12.3 Å². The molecular weight excluding hydrogens is 156 g/mol. The Hall–Kier alpha value is -0.450. The minimum absolute atomic E-state index is 0.544. The molecule has 0 aromatic heterocycles. The van der Waals surface area contributed by atoms with Crippen LogP contribution in [0.15, 0.2) is 4.99 Å². The zero-order valence-corrected chi connectivity index (χ0v) is 7.70. The van der Waals surface area contributed by atoms with E-state index in [1.807, 2.05) is 13.8 Å². The molecule has 1 unspecified atom stereocenters. The molecule has 0 fully saturated rings. The molecule has 4 nitrogen and oxygen atoms in total. The maximum absolute atomic E-state index is 8.62. The van der Waals surface area contributed by atoms with E-state index in [0.717, 1.165) is 12.1 Å². The molecule has 0 radical (unpaired) electrons. The van der Waals surface area contributed by atoms with E-state index >= 15 is 0 Å². The minimum atomic E-state index is -1.41. The summed E-state index contributed by atoms with van der Waals surface area (Å²) in [6, 6.07) is -0.544. The zero-order chi connectivity index (χ0) is 9.56. The lowest BCUT2D eigenvalue weighted by atomic mass is 10.1. The monoisotopic (exact) mass is 174 g/mol. The van der Waals surface area contributed by atoms with Crippen LogP contribution in [0, 0.1) is 0 Å². The SMILES string of the molecule is CC(C)=NCCCC(N)C(O)O. The minimum Gasteiger partial charge on any atom is -0.367 e. The Kier molecular flexibility index (Phi) is 5.88. The third-order valence-electron chi connectivity index (χ3n) is 1.51. The maximum Gasteiger partial charge on any atom is 0.166 e. The van der Waals surface area contributed by atoms with Crippen LogP contribution >= 0.6 is 0 Å². The third kappa shape index (κ3) is 6.27. The highest BCUT2D eigenvalue weighted by molar-refractivity contribution is 5.78. The molecule has 4 N–H and O–H groups in total. The quantitative estimate of drug-likeness (QED) is 0.309. The van der Waals surface area contributed by atoms with Crippen LogP contribution in [0.4, 0.5) is 0 Å². The molecule has 0 rings (SSSR count). The van der Waals surface area contributed by atoms with Crippen LogP contribution in [0.2, 0.25) is 0 Å². The lowest BCUT2D eigenvalue weighted by Gasteiger charge is -2.11. The van der Waals surface area contributed by atoms with Crippen LogP contribution in [0.25, 0.3) is 0 Å². The molecule has 0 saturated carbocycles. The molecule has 4 heteroatoms. The fourth-order valence-corrected chi connectivity index (χ4v) is 0.779. The molecule has 0 bridgehead atoms. The number of aliphatic hydroxyl groups is 2. The lowest BCUT2D eigenvalue weighted by Crippen LogP contribution is -2.34. The number of rotatable bonds is 5. The van der Waals surface area contributed by atoms with E-state index in [4.69, 9.17) is 15.9 Å². The van der Waals surface area contributed by atoms with Gasteiger partial charge in [0.1, 0.15) is 0 Å². The molecule has 0 aromatic rings. The van der Waals surface area contributed by atoms with Gasteiger partial charge >= 0.3 is 0 Å². The van der Waals surface area contributed by atoms with Crippen LogP contribution in [-0.2, 0) is 0 Å². The van der Waals surface area contributed by atoms with E-state index in [-0.39, 0.29) is 0 Å². The highest BCUT2D eigenvalue weighted by Gasteiger charge is 2.09. The summed E-state index contributed by atoms with van der Waals surface area (Å²) < 4.78 is 0. The Morgan fingerprint density at radius 2 is 2.00 bits per heavy atom. The highest BCUT2D eigenvalue weighted by atomic mass is 16.5. The summed E-state index contributed by atoms with van der Waals surface area (Å²) in [7, 11) is 0. The van der Waals surface area contributed by atoms with Gasteiger partial charge in [-0.05, 0) is 26.7 Å². The first kappa shape index (κ1) is 11.6. The maximum atomic E-state index is 8.62. The van der Waals surface area contributed by atoms with Gasteiger partial charge in [0.25, 0.3) is 0 Å². The second-order valence-electron chi connectivity index (χ2n) is 3.05. The number of nitrogens with two attached hydrogens (primary N) is 1. The predicted octanol–water partition coefficient (Wildman–Crippen LogP) is -0.115. The molecule has 0 aliphatic heterocycles. The van der Waals surface area contributed by atoms with Crippen molar-refractivity contribution in [1.82, 2.24) is 0 Å². The number of aliphatic imine (C=N–C) groups is 1. The first-order chi connectivity index (χ1) is 5.54. The van der Waals surface area contributed by atoms with Crippen molar-refractivity contribution in [1.29, 1.82) is 0 Å². The van der Waals surface area contributed by atoms with E-state index in [1.165, 1.54) is 0 Å². The van der Waals surface area contributed by atoms with Crippen LogP contribution in [0.3, 0.4) is 0 Å². The Morgan fingerprint density at radius 3 is 2.42 bits per heavy atom. The summed E-state index contributed by atoms with van der Waals surface area (Å²) in [5.74, 6) is 0. The van der Waals surface area contributed by atoms with Gasteiger partial charge in [0.05, 0.1) is 6.04 Å². The molecule has 1 atom stereocenters. The Labute approximate surface area is 73.1 Å². The Morgan fingerprint density at radius 1 is 1.42 bits per heavy atom. The van der Waals surface area contributed by atoms with Crippen molar-refractivity contribution in [2.24, 2.45) is 10.7 Å². The van der Waals surface area contributed by atoms with E-state index in [2.05, 4.69) is 4.99 Å². The number of nitrogens with zero attached hydrogens (tertiary/aromatic N) is 1. The molecule has 0 aliphatic rings. The summed E-state index contributed by atoms with van der Waals surface area (Å²) in [4.78, 5) is 4.15. The van der Waals surface area contributed by atoms with Crippen LogP contribution in [0.5, 0.6) is 0 Å². The van der Waals surface area contributed by atoms with Crippen LogP contribution in [0.1, 0.15) is 26.7 Å². The van der Waals surface area contributed by atoms with Crippen molar-refractivity contribution >= 4 is 5.71 Å². The molecule has 0 saturated heterocycles. The average molecular weight is 174 g/mol. The van der Waals surface area contributed by atoms with Gasteiger partial charge in [-0.3, -0.25) is 4.99 Å². The summed E-state index contributed by atoms with van der Waals surface area (Å²) in [5.41, 5.74) is 6.42. The number of aliphatic hydroxyl groups excluding tert-OH is 1. The van der Waals surface area contributed by atoms with Crippen LogP contribution in [-0.4, -0.2) is 34.8 Å². The smallest absolute Gasteiger partial charge is 0.166 e. The Bertz CT molecular complexity index is 142. The van der Waals surface area contributed by atoms with E-state index in [0.29, 0.717) is 13.0 Å². The van der Waals surface area contributed by atoms with Gasteiger partial charge in [-0.25, -0.2) is 0 Å². The normalized spacial score (nSPS) is 13.2. The number of hydrogen-bond acceptors (Lipinski definition) is 4. The third-order valence-corrected chi connectivity index (χ3v) is 1.51. The van der Waals surface area contributed by atoms with Gasteiger partial charge in [0.2, 0.25) is 0 Å². The molecule has 0 aliphatic carbocycles. The van der Waals surface area contributed by atoms with Crippen molar-refractivity contribution in [2.75, 3.05) is 6.54 Å².